The smallest absolute Gasteiger partial charge is 0.265 e. The van der Waals surface area contributed by atoms with Gasteiger partial charge in [-0.15, -0.1) is 11.3 Å². The number of sulfonamides is 1. The Balaban J connectivity index is 1.44. The average molecular weight is 501 g/mol. The van der Waals surface area contributed by atoms with E-state index in [-0.39, 0.29) is 12.5 Å². The second-order valence-corrected chi connectivity index (χ2v) is 11.6. The van der Waals surface area contributed by atoms with Gasteiger partial charge in [-0.25, -0.2) is 8.42 Å². The van der Waals surface area contributed by atoms with Crippen LogP contribution in [0.5, 0.6) is 0 Å². The maximum absolute atomic E-state index is 13.1. The lowest BCUT2D eigenvalue weighted by molar-refractivity contribution is 0.103. The fourth-order valence-corrected chi connectivity index (χ4v) is 5.89. The highest BCUT2D eigenvalue weighted by molar-refractivity contribution is 7.92. The molecule has 5 aromatic rings. The van der Waals surface area contributed by atoms with Crippen molar-refractivity contribution in [1.82, 2.24) is 0 Å². The summed E-state index contributed by atoms with van der Waals surface area (Å²) in [4.78, 5) is 13.6. The molecule has 0 unspecified atom stereocenters. The third kappa shape index (κ3) is 4.92. The number of nitrogens with zero attached hydrogens (tertiary/aromatic N) is 1. The number of nitrogens with one attached hydrogen (secondary N) is 1. The molecule has 5 rings (SSSR count). The van der Waals surface area contributed by atoms with Gasteiger partial charge in [-0.2, -0.15) is 0 Å². The second-order valence-electron chi connectivity index (χ2n) is 8.57. The summed E-state index contributed by atoms with van der Waals surface area (Å²) < 4.78 is 27.6. The van der Waals surface area contributed by atoms with Crippen LogP contribution in [0.3, 0.4) is 0 Å². The predicted molar refractivity (Wildman–Crippen MR) is 146 cm³/mol. The highest BCUT2D eigenvalue weighted by Gasteiger charge is 2.19. The molecule has 0 saturated carbocycles. The summed E-state index contributed by atoms with van der Waals surface area (Å²) in [6, 6.07) is 28.9. The SMILES string of the molecule is Cc1ccc(CN(c2ccc3sc(C(=O)Nc4cccc5ccccc45)cc3c2)S(C)(=O)=O)cc1. The number of rotatable bonds is 6. The van der Waals surface area contributed by atoms with Crippen molar-refractivity contribution in [3.05, 3.63) is 107 Å². The number of thiophene rings is 1. The van der Waals surface area contributed by atoms with Crippen LogP contribution in [-0.2, 0) is 16.6 Å². The number of carbonyl (C=O) groups excluding carboxylic acids is 1. The minimum atomic E-state index is -3.51. The molecule has 1 amide bonds. The van der Waals surface area contributed by atoms with E-state index in [9.17, 15) is 13.2 Å². The van der Waals surface area contributed by atoms with E-state index in [1.54, 1.807) is 6.07 Å². The van der Waals surface area contributed by atoms with Gasteiger partial charge in [0, 0.05) is 15.8 Å². The molecule has 0 aliphatic rings. The van der Waals surface area contributed by atoms with Gasteiger partial charge < -0.3 is 5.32 Å². The van der Waals surface area contributed by atoms with Gasteiger partial charge in [0.05, 0.1) is 23.4 Å². The summed E-state index contributed by atoms with van der Waals surface area (Å²) in [5.41, 5.74) is 3.35. The Kier molecular flexibility index (Phi) is 6.05. The Morgan fingerprint density at radius 2 is 1.63 bits per heavy atom. The lowest BCUT2D eigenvalue weighted by atomic mass is 10.1. The molecule has 1 heterocycles. The lowest BCUT2D eigenvalue weighted by Gasteiger charge is -2.22. The van der Waals surface area contributed by atoms with Crippen LogP contribution in [0.2, 0.25) is 0 Å². The van der Waals surface area contributed by atoms with Crippen molar-refractivity contribution in [2.24, 2.45) is 0 Å². The van der Waals surface area contributed by atoms with E-state index >= 15 is 0 Å². The van der Waals surface area contributed by atoms with Crippen molar-refractivity contribution in [2.45, 2.75) is 13.5 Å². The zero-order valence-corrected chi connectivity index (χ0v) is 21.0. The second kappa shape index (κ2) is 9.17. The first kappa shape index (κ1) is 23.1. The molecular weight excluding hydrogens is 476 g/mol. The van der Waals surface area contributed by atoms with Crippen molar-refractivity contribution >= 4 is 59.5 Å². The van der Waals surface area contributed by atoms with Gasteiger partial charge in [0.1, 0.15) is 0 Å². The van der Waals surface area contributed by atoms with Crippen molar-refractivity contribution in [2.75, 3.05) is 15.9 Å². The van der Waals surface area contributed by atoms with E-state index in [4.69, 9.17) is 0 Å². The zero-order valence-electron chi connectivity index (χ0n) is 19.4. The Morgan fingerprint density at radius 3 is 2.40 bits per heavy atom. The Bertz CT molecular complexity index is 1650. The van der Waals surface area contributed by atoms with Crippen molar-refractivity contribution in [3.8, 4) is 0 Å². The first-order chi connectivity index (χ1) is 16.8. The molecule has 176 valence electrons. The maximum Gasteiger partial charge on any atom is 0.265 e. The summed E-state index contributed by atoms with van der Waals surface area (Å²) in [6.45, 7) is 2.24. The highest BCUT2D eigenvalue weighted by atomic mass is 32.2. The number of aryl methyl sites for hydroxylation is 1. The van der Waals surface area contributed by atoms with Gasteiger partial charge in [-0.05, 0) is 53.6 Å². The Morgan fingerprint density at radius 1 is 0.886 bits per heavy atom. The highest BCUT2D eigenvalue weighted by Crippen LogP contribution is 2.32. The van der Waals surface area contributed by atoms with E-state index in [1.807, 2.05) is 91.9 Å². The Hall–Kier alpha value is -3.68. The van der Waals surface area contributed by atoms with E-state index in [2.05, 4.69) is 5.32 Å². The minimum absolute atomic E-state index is 0.191. The first-order valence-corrected chi connectivity index (χ1v) is 13.8. The molecule has 1 N–H and O–H groups in total. The summed E-state index contributed by atoms with van der Waals surface area (Å²) in [5.74, 6) is -0.191. The minimum Gasteiger partial charge on any atom is -0.321 e. The van der Waals surface area contributed by atoms with Crippen LogP contribution in [0.25, 0.3) is 20.9 Å². The van der Waals surface area contributed by atoms with Crippen molar-refractivity contribution in [1.29, 1.82) is 0 Å². The van der Waals surface area contributed by atoms with Gasteiger partial charge in [-0.1, -0.05) is 66.2 Å². The predicted octanol–water partition coefficient (Wildman–Crippen LogP) is 6.58. The fourth-order valence-electron chi connectivity index (χ4n) is 4.08. The van der Waals surface area contributed by atoms with Crippen LogP contribution >= 0.6 is 11.3 Å². The number of benzene rings is 4. The zero-order chi connectivity index (χ0) is 24.6. The topological polar surface area (TPSA) is 66.5 Å². The van der Waals surface area contributed by atoms with Gasteiger partial charge in [0.15, 0.2) is 0 Å². The van der Waals surface area contributed by atoms with Gasteiger partial charge in [0.2, 0.25) is 10.0 Å². The van der Waals surface area contributed by atoms with Gasteiger partial charge in [-0.3, -0.25) is 9.10 Å². The number of hydrogen-bond donors (Lipinski definition) is 1. The molecule has 5 nitrogen and oxygen atoms in total. The van der Waals surface area contributed by atoms with E-state index < -0.39 is 10.0 Å². The third-order valence-corrected chi connectivity index (χ3v) is 8.15. The molecule has 4 aromatic carbocycles. The van der Waals surface area contributed by atoms with Crippen LogP contribution < -0.4 is 9.62 Å². The molecule has 0 spiro atoms. The number of anilines is 2. The molecule has 0 bridgehead atoms. The van der Waals surface area contributed by atoms with Crippen LogP contribution in [0.1, 0.15) is 20.8 Å². The summed E-state index contributed by atoms with van der Waals surface area (Å²) >= 11 is 1.38. The van der Waals surface area contributed by atoms with Gasteiger partial charge >= 0.3 is 0 Å². The van der Waals surface area contributed by atoms with E-state index in [0.717, 1.165) is 37.7 Å². The quantitative estimate of drug-likeness (QED) is 0.286. The number of carbonyl (C=O) groups is 1. The van der Waals surface area contributed by atoms with Crippen LogP contribution in [-0.4, -0.2) is 20.6 Å². The average Bonchev–Trinajstić information content (AvgIpc) is 3.27. The molecule has 35 heavy (non-hydrogen) atoms. The standard InChI is InChI=1S/C28H24N2O3S2/c1-19-10-12-20(13-11-19)18-30(35(2,32)33)23-14-15-26-22(16-23)17-27(34-26)28(31)29-25-9-5-7-21-6-3-4-8-24(21)25/h3-17H,18H2,1-2H3,(H,29,31). The molecule has 0 aliphatic heterocycles. The number of amides is 1. The molecule has 7 heteroatoms. The molecule has 1 aromatic heterocycles. The fraction of sp³-hybridized carbons (Fsp3) is 0.107. The molecule has 0 aliphatic carbocycles. The van der Waals surface area contributed by atoms with Crippen LogP contribution in [0.4, 0.5) is 11.4 Å². The Labute approximate surface area is 208 Å². The van der Waals surface area contributed by atoms with Crippen molar-refractivity contribution in [3.63, 3.8) is 0 Å². The van der Waals surface area contributed by atoms with E-state index in [0.29, 0.717) is 10.6 Å². The maximum atomic E-state index is 13.1. The van der Waals surface area contributed by atoms with Crippen LogP contribution in [0.15, 0.2) is 91.0 Å². The molecule has 0 radical (unpaired) electrons. The number of fused-ring (bicyclic) bond motifs is 2. The lowest BCUT2D eigenvalue weighted by Crippen LogP contribution is -2.29. The first-order valence-electron chi connectivity index (χ1n) is 11.1. The third-order valence-electron chi connectivity index (χ3n) is 5.90. The summed E-state index contributed by atoms with van der Waals surface area (Å²) in [5, 5.41) is 5.89. The normalized spacial score (nSPS) is 11.6. The van der Waals surface area contributed by atoms with Crippen LogP contribution in [0, 0.1) is 6.92 Å². The monoisotopic (exact) mass is 500 g/mol. The largest absolute Gasteiger partial charge is 0.321 e. The summed E-state index contributed by atoms with van der Waals surface area (Å²) in [6.07, 6.45) is 1.21. The molecule has 0 saturated heterocycles. The van der Waals surface area contributed by atoms with E-state index in [1.165, 1.54) is 21.9 Å². The number of hydrogen-bond acceptors (Lipinski definition) is 4. The van der Waals surface area contributed by atoms with Crippen molar-refractivity contribution < 1.29 is 13.2 Å². The summed E-state index contributed by atoms with van der Waals surface area (Å²) in [7, 11) is -3.51. The van der Waals surface area contributed by atoms with Gasteiger partial charge in [0.25, 0.3) is 5.91 Å². The molecule has 0 atom stereocenters. The molecular formula is C28H24N2O3S2. The molecule has 0 fully saturated rings.